The number of nitrogens with one attached hydrogen (secondary N) is 2. The van der Waals surface area contributed by atoms with Crippen molar-refractivity contribution in [3.63, 3.8) is 0 Å². The van der Waals surface area contributed by atoms with Gasteiger partial charge in [0.25, 0.3) is 0 Å². The van der Waals surface area contributed by atoms with Gasteiger partial charge in [-0.1, -0.05) is 6.92 Å². The monoisotopic (exact) mass is 404 g/mol. The summed E-state index contributed by atoms with van der Waals surface area (Å²) in [5.41, 5.74) is 0.163. The Hall–Kier alpha value is -1.34. The number of carbonyl (C=O) groups is 1. The van der Waals surface area contributed by atoms with Gasteiger partial charge in [0.05, 0.1) is 11.0 Å². The highest BCUT2D eigenvalue weighted by molar-refractivity contribution is 9.10. The molecule has 1 aromatic carbocycles. The minimum Gasteiger partial charge on any atom is -0.489 e. The van der Waals surface area contributed by atoms with Gasteiger partial charge in [-0.05, 0) is 62.3 Å². The minimum atomic E-state index is -0.547. The van der Waals surface area contributed by atoms with Gasteiger partial charge in [-0.2, -0.15) is 0 Å². The molecular formula is C17H26BrFN2O3. The zero-order chi connectivity index (χ0) is 18.3. The summed E-state index contributed by atoms with van der Waals surface area (Å²) in [6.07, 6.45) is -0.790. The normalized spacial score (nSPS) is 12.6. The standard InChI is InChI=1S/C17H26BrFN2O3/c1-6-20-10-12-14(8-7-13(19)15(12)18)23-11(2)9-21-16(22)24-17(3,4)5/h7-8,11,20H,6,9-10H2,1-5H3,(H,21,22)/t11-/m0/s1. The van der Waals surface area contributed by atoms with Crippen LogP contribution in [-0.2, 0) is 11.3 Å². The number of rotatable bonds is 7. The second kappa shape index (κ2) is 9.22. The molecule has 1 atom stereocenters. The van der Waals surface area contributed by atoms with Crippen LogP contribution in [-0.4, -0.2) is 30.9 Å². The van der Waals surface area contributed by atoms with E-state index in [1.807, 2.05) is 13.8 Å². The summed E-state index contributed by atoms with van der Waals surface area (Å²) in [5, 5.41) is 5.82. The number of halogens is 2. The Balaban J connectivity index is 2.68. The molecule has 1 rings (SSSR count). The van der Waals surface area contributed by atoms with E-state index in [1.165, 1.54) is 6.07 Å². The lowest BCUT2D eigenvalue weighted by atomic mass is 10.2. The molecule has 0 unspecified atom stereocenters. The maximum Gasteiger partial charge on any atom is 0.407 e. The maximum absolute atomic E-state index is 13.7. The van der Waals surface area contributed by atoms with Crippen molar-refractivity contribution >= 4 is 22.0 Å². The molecule has 0 aromatic heterocycles. The number of amides is 1. The van der Waals surface area contributed by atoms with E-state index in [0.717, 1.165) is 6.54 Å². The van der Waals surface area contributed by atoms with Gasteiger partial charge in [-0.25, -0.2) is 9.18 Å². The average molecular weight is 405 g/mol. The molecule has 0 heterocycles. The third-order valence-corrected chi connectivity index (χ3v) is 3.82. The Labute approximate surface area is 151 Å². The first-order chi connectivity index (χ1) is 11.1. The number of hydrogen-bond donors (Lipinski definition) is 2. The lowest BCUT2D eigenvalue weighted by Gasteiger charge is -2.22. The van der Waals surface area contributed by atoms with Crippen LogP contribution in [0.5, 0.6) is 5.75 Å². The molecule has 1 aromatic rings. The van der Waals surface area contributed by atoms with Crippen LogP contribution < -0.4 is 15.4 Å². The number of carbonyl (C=O) groups excluding carboxylic acids is 1. The van der Waals surface area contributed by atoms with Crippen LogP contribution in [0.2, 0.25) is 0 Å². The average Bonchev–Trinajstić information content (AvgIpc) is 2.47. The minimum absolute atomic E-state index is 0.282. The van der Waals surface area contributed by atoms with E-state index in [9.17, 15) is 9.18 Å². The molecule has 0 fully saturated rings. The van der Waals surface area contributed by atoms with Crippen molar-refractivity contribution in [2.75, 3.05) is 13.1 Å². The van der Waals surface area contributed by atoms with Crippen molar-refractivity contribution in [2.45, 2.75) is 52.9 Å². The van der Waals surface area contributed by atoms with Crippen molar-refractivity contribution < 1.29 is 18.7 Å². The highest BCUT2D eigenvalue weighted by Crippen LogP contribution is 2.30. The van der Waals surface area contributed by atoms with E-state index < -0.39 is 11.7 Å². The Morgan fingerprint density at radius 1 is 1.38 bits per heavy atom. The molecule has 0 saturated heterocycles. The lowest BCUT2D eigenvalue weighted by Crippen LogP contribution is -2.37. The summed E-state index contributed by atoms with van der Waals surface area (Å²) in [6.45, 7) is 10.7. The fourth-order valence-corrected chi connectivity index (χ4v) is 2.37. The third-order valence-electron chi connectivity index (χ3n) is 2.97. The fourth-order valence-electron chi connectivity index (χ4n) is 1.90. The first-order valence-corrected chi connectivity index (χ1v) is 8.74. The zero-order valence-corrected chi connectivity index (χ0v) is 16.4. The van der Waals surface area contributed by atoms with E-state index in [4.69, 9.17) is 9.47 Å². The number of alkyl carbamates (subject to hydrolysis) is 1. The van der Waals surface area contributed by atoms with E-state index in [-0.39, 0.29) is 18.5 Å². The number of benzene rings is 1. The van der Waals surface area contributed by atoms with Crippen molar-refractivity contribution in [3.8, 4) is 5.75 Å². The smallest absolute Gasteiger partial charge is 0.407 e. The Morgan fingerprint density at radius 3 is 2.62 bits per heavy atom. The lowest BCUT2D eigenvalue weighted by molar-refractivity contribution is 0.0505. The number of ether oxygens (including phenoxy) is 2. The Morgan fingerprint density at radius 2 is 2.04 bits per heavy atom. The van der Waals surface area contributed by atoms with Crippen LogP contribution in [0, 0.1) is 5.82 Å². The SMILES string of the molecule is CCNCc1c(O[C@@H](C)CNC(=O)OC(C)(C)C)ccc(F)c1Br. The third kappa shape index (κ3) is 7.05. The topological polar surface area (TPSA) is 59.6 Å². The van der Waals surface area contributed by atoms with Crippen LogP contribution in [0.4, 0.5) is 9.18 Å². The summed E-state index contributed by atoms with van der Waals surface area (Å²) in [5.74, 6) is 0.234. The molecule has 0 aliphatic carbocycles. The van der Waals surface area contributed by atoms with Gasteiger partial charge in [0.1, 0.15) is 23.3 Å². The molecule has 0 radical (unpaired) electrons. The molecule has 0 spiro atoms. The van der Waals surface area contributed by atoms with Gasteiger partial charge in [0.2, 0.25) is 0 Å². The second-order valence-electron chi connectivity index (χ2n) is 6.43. The number of hydrogen-bond acceptors (Lipinski definition) is 4. The molecule has 0 bridgehead atoms. The molecule has 0 aliphatic heterocycles. The molecule has 136 valence electrons. The predicted molar refractivity (Wildman–Crippen MR) is 95.8 cm³/mol. The predicted octanol–water partition coefficient (Wildman–Crippen LogP) is 3.99. The first-order valence-electron chi connectivity index (χ1n) is 7.95. The van der Waals surface area contributed by atoms with Gasteiger partial charge >= 0.3 is 6.09 Å². The molecule has 1 amide bonds. The molecule has 0 saturated carbocycles. The fraction of sp³-hybridized carbons (Fsp3) is 0.588. The van der Waals surface area contributed by atoms with Crippen LogP contribution in [0.15, 0.2) is 16.6 Å². The highest BCUT2D eigenvalue weighted by Gasteiger charge is 2.18. The Kier molecular flexibility index (Phi) is 7.96. The summed E-state index contributed by atoms with van der Waals surface area (Å²) >= 11 is 3.26. The molecule has 2 N–H and O–H groups in total. The van der Waals surface area contributed by atoms with Crippen molar-refractivity contribution in [3.05, 3.63) is 28.0 Å². The van der Waals surface area contributed by atoms with E-state index in [0.29, 0.717) is 22.3 Å². The highest BCUT2D eigenvalue weighted by atomic mass is 79.9. The van der Waals surface area contributed by atoms with E-state index >= 15 is 0 Å². The maximum atomic E-state index is 13.7. The summed E-state index contributed by atoms with van der Waals surface area (Å²) in [6, 6.07) is 2.94. The van der Waals surface area contributed by atoms with E-state index in [2.05, 4.69) is 26.6 Å². The van der Waals surface area contributed by atoms with Crippen LogP contribution in [0.25, 0.3) is 0 Å². The molecule has 7 heteroatoms. The summed E-state index contributed by atoms with van der Waals surface area (Å²) in [4.78, 5) is 11.7. The second-order valence-corrected chi connectivity index (χ2v) is 7.22. The van der Waals surface area contributed by atoms with Gasteiger partial charge < -0.3 is 20.1 Å². The molecule has 5 nitrogen and oxygen atoms in total. The molecular weight excluding hydrogens is 379 g/mol. The van der Waals surface area contributed by atoms with Gasteiger partial charge in [0.15, 0.2) is 0 Å². The Bertz CT molecular complexity index is 562. The largest absolute Gasteiger partial charge is 0.489 e. The van der Waals surface area contributed by atoms with Gasteiger partial charge in [-0.15, -0.1) is 0 Å². The van der Waals surface area contributed by atoms with Crippen molar-refractivity contribution in [2.24, 2.45) is 0 Å². The van der Waals surface area contributed by atoms with Gasteiger partial charge in [0, 0.05) is 12.1 Å². The van der Waals surface area contributed by atoms with Crippen LogP contribution in [0.3, 0.4) is 0 Å². The molecule has 24 heavy (non-hydrogen) atoms. The quantitative estimate of drug-likeness (QED) is 0.720. The van der Waals surface area contributed by atoms with Crippen LogP contribution >= 0.6 is 15.9 Å². The van der Waals surface area contributed by atoms with Gasteiger partial charge in [-0.3, -0.25) is 0 Å². The van der Waals surface area contributed by atoms with Crippen molar-refractivity contribution in [1.29, 1.82) is 0 Å². The van der Waals surface area contributed by atoms with Crippen molar-refractivity contribution in [1.82, 2.24) is 10.6 Å². The van der Waals surface area contributed by atoms with Crippen LogP contribution in [0.1, 0.15) is 40.2 Å². The van der Waals surface area contributed by atoms with E-state index in [1.54, 1.807) is 26.8 Å². The zero-order valence-electron chi connectivity index (χ0n) is 14.8. The summed E-state index contributed by atoms with van der Waals surface area (Å²) in [7, 11) is 0. The first kappa shape index (κ1) is 20.7. The molecule has 0 aliphatic rings. The summed E-state index contributed by atoms with van der Waals surface area (Å²) < 4.78 is 25.1.